The average molecular weight is 516 g/mol. The number of hydrogen-bond donors (Lipinski definition) is 1. The van der Waals surface area contributed by atoms with E-state index in [9.17, 15) is 18.0 Å². The molecule has 0 bridgehead atoms. The van der Waals surface area contributed by atoms with Crippen LogP contribution in [0.1, 0.15) is 59.1 Å². The van der Waals surface area contributed by atoms with Crippen LogP contribution in [0.2, 0.25) is 0 Å². The third-order valence-corrected chi connectivity index (χ3v) is 7.14. The van der Waals surface area contributed by atoms with E-state index < -0.39 is 22.0 Å². The van der Waals surface area contributed by atoms with Crippen LogP contribution >= 0.6 is 0 Å². The third-order valence-electron chi connectivity index (χ3n) is 6.00. The Kier molecular flexibility index (Phi) is 10.1. The summed E-state index contributed by atoms with van der Waals surface area (Å²) in [6, 6.07) is 16.2. The number of sulfonamides is 1. The van der Waals surface area contributed by atoms with Gasteiger partial charge in [-0.25, -0.2) is 8.42 Å². The van der Waals surface area contributed by atoms with Crippen molar-refractivity contribution in [1.29, 1.82) is 0 Å². The van der Waals surface area contributed by atoms with E-state index in [0.29, 0.717) is 25.1 Å². The van der Waals surface area contributed by atoms with Crippen molar-refractivity contribution in [3.05, 3.63) is 65.7 Å². The van der Waals surface area contributed by atoms with Gasteiger partial charge in [0.1, 0.15) is 12.6 Å². The van der Waals surface area contributed by atoms with Gasteiger partial charge in [0, 0.05) is 12.6 Å². The van der Waals surface area contributed by atoms with E-state index in [1.54, 1.807) is 12.1 Å². The Labute approximate surface area is 216 Å². The summed E-state index contributed by atoms with van der Waals surface area (Å²) in [5.41, 5.74) is 2.43. The quantitative estimate of drug-likeness (QED) is 0.488. The van der Waals surface area contributed by atoms with Crippen LogP contribution in [0.25, 0.3) is 0 Å². The zero-order valence-corrected chi connectivity index (χ0v) is 23.4. The molecule has 1 unspecified atom stereocenters. The van der Waals surface area contributed by atoms with Crippen LogP contribution in [0, 0.1) is 0 Å². The number of amides is 2. The average Bonchev–Trinajstić information content (AvgIpc) is 2.79. The van der Waals surface area contributed by atoms with Gasteiger partial charge in [-0.1, -0.05) is 70.2 Å². The maximum Gasteiger partial charge on any atom is 0.244 e. The highest BCUT2D eigenvalue weighted by atomic mass is 32.2. The minimum atomic E-state index is -3.75. The predicted octanol–water partition coefficient (Wildman–Crippen LogP) is 4.12. The Morgan fingerprint density at radius 1 is 0.972 bits per heavy atom. The number of carbonyl (C=O) groups is 2. The highest BCUT2D eigenvalue weighted by Crippen LogP contribution is 2.26. The number of anilines is 1. The van der Waals surface area contributed by atoms with Crippen molar-refractivity contribution in [2.24, 2.45) is 0 Å². The van der Waals surface area contributed by atoms with Crippen molar-refractivity contribution in [1.82, 2.24) is 10.2 Å². The summed E-state index contributed by atoms with van der Waals surface area (Å²) >= 11 is 0. The summed E-state index contributed by atoms with van der Waals surface area (Å²) in [6.45, 7) is 11.8. The fourth-order valence-electron chi connectivity index (χ4n) is 4.02. The topological polar surface area (TPSA) is 86.8 Å². The van der Waals surface area contributed by atoms with Gasteiger partial charge in [0.15, 0.2) is 0 Å². The molecule has 0 heterocycles. The lowest BCUT2D eigenvalue weighted by atomic mass is 9.87. The molecule has 7 nitrogen and oxygen atoms in total. The van der Waals surface area contributed by atoms with Crippen LogP contribution in [0.5, 0.6) is 0 Å². The lowest BCUT2D eigenvalue weighted by Crippen LogP contribution is -2.54. The second-order valence-electron chi connectivity index (χ2n) is 10.5. The lowest BCUT2D eigenvalue weighted by Gasteiger charge is -2.33. The van der Waals surface area contributed by atoms with Crippen LogP contribution < -0.4 is 9.62 Å². The van der Waals surface area contributed by atoms with Crippen LogP contribution in [-0.4, -0.2) is 56.6 Å². The molecule has 0 radical (unpaired) electrons. The van der Waals surface area contributed by atoms with Gasteiger partial charge < -0.3 is 10.2 Å². The van der Waals surface area contributed by atoms with Gasteiger partial charge in [-0.2, -0.15) is 0 Å². The van der Waals surface area contributed by atoms with Crippen molar-refractivity contribution in [2.75, 3.05) is 23.7 Å². The molecule has 0 aliphatic heterocycles. The van der Waals surface area contributed by atoms with Gasteiger partial charge >= 0.3 is 0 Å². The summed E-state index contributed by atoms with van der Waals surface area (Å²) in [5, 5.41) is 2.90. The number of benzene rings is 2. The number of hydrogen-bond acceptors (Lipinski definition) is 4. The van der Waals surface area contributed by atoms with Crippen LogP contribution in [0.15, 0.2) is 54.6 Å². The van der Waals surface area contributed by atoms with Gasteiger partial charge in [0.25, 0.3) is 0 Å². The Balaban J connectivity index is 2.37. The van der Waals surface area contributed by atoms with Gasteiger partial charge in [-0.15, -0.1) is 0 Å². The molecule has 0 saturated carbocycles. The molecule has 1 N–H and O–H groups in total. The normalized spacial score (nSPS) is 12.8. The van der Waals surface area contributed by atoms with E-state index in [-0.39, 0.29) is 23.9 Å². The van der Waals surface area contributed by atoms with E-state index in [2.05, 4.69) is 26.1 Å². The maximum atomic E-state index is 13.7. The molecule has 2 aromatic carbocycles. The van der Waals surface area contributed by atoms with Crippen LogP contribution in [0.3, 0.4) is 0 Å². The van der Waals surface area contributed by atoms with Crippen molar-refractivity contribution in [3.63, 3.8) is 0 Å². The van der Waals surface area contributed by atoms with Gasteiger partial charge in [0.2, 0.25) is 21.8 Å². The first-order chi connectivity index (χ1) is 16.7. The fraction of sp³-hybridized carbons (Fsp3) is 0.500. The summed E-state index contributed by atoms with van der Waals surface area (Å²) in [5.74, 6) is -0.656. The largest absolute Gasteiger partial charge is 0.352 e. The minimum Gasteiger partial charge on any atom is -0.352 e. The minimum absolute atomic E-state index is 0.0773. The molecule has 0 aromatic heterocycles. The highest BCUT2D eigenvalue weighted by Gasteiger charge is 2.31. The van der Waals surface area contributed by atoms with E-state index in [1.807, 2.05) is 63.2 Å². The van der Waals surface area contributed by atoms with Crippen molar-refractivity contribution in [2.45, 2.75) is 71.9 Å². The molecule has 0 aliphatic carbocycles. The molecule has 2 amide bonds. The second kappa shape index (κ2) is 12.4. The molecular weight excluding hydrogens is 474 g/mol. The predicted molar refractivity (Wildman–Crippen MR) is 147 cm³/mol. The van der Waals surface area contributed by atoms with E-state index in [1.165, 1.54) is 4.90 Å². The first-order valence-corrected chi connectivity index (χ1v) is 14.3. The molecule has 36 heavy (non-hydrogen) atoms. The smallest absolute Gasteiger partial charge is 0.244 e. The maximum absolute atomic E-state index is 13.7. The molecule has 0 aliphatic rings. The zero-order valence-electron chi connectivity index (χ0n) is 22.6. The standard InChI is InChI=1S/C28H41N3O4S/c1-8-25(27(33)29-21(2)3)30(19-18-22-12-10-9-11-13-22)26(32)20-31(36(7,34)35)24-16-14-23(15-17-24)28(4,5)6/h9-17,21,25H,8,18-20H2,1-7H3,(H,29,33). The molecule has 0 saturated heterocycles. The first kappa shape index (κ1) is 29.4. The first-order valence-electron chi connectivity index (χ1n) is 12.5. The van der Waals surface area contributed by atoms with Gasteiger partial charge in [-0.3, -0.25) is 13.9 Å². The Hall–Kier alpha value is -2.87. The summed E-state index contributed by atoms with van der Waals surface area (Å²) in [7, 11) is -3.75. The molecule has 0 spiro atoms. The zero-order chi connectivity index (χ0) is 27.1. The fourth-order valence-corrected chi connectivity index (χ4v) is 4.87. The molecule has 8 heteroatoms. The van der Waals surface area contributed by atoms with Crippen LogP contribution in [-0.2, 0) is 31.4 Å². The van der Waals surface area contributed by atoms with E-state index in [4.69, 9.17) is 0 Å². The SMILES string of the molecule is CCC(C(=O)NC(C)C)N(CCc1ccccc1)C(=O)CN(c1ccc(C(C)(C)C)cc1)S(C)(=O)=O. The molecule has 2 aromatic rings. The number of nitrogens with zero attached hydrogens (tertiary/aromatic N) is 2. The van der Waals surface area contributed by atoms with E-state index in [0.717, 1.165) is 21.7 Å². The van der Waals surface area contributed by atoms with Gasteiger partial charge in [-0.05, 0) is 55.4 Å². The van der Waals surface area contributed by atoms with E-state index >= 15 is 0 Å². The third kappa shape index (κ3) is 8.36. The molecular formula is C28H41N3O4S. The van der Waals surface area contributed by atoms with Crippen molar-refractivity contribution < 1.29 is 18.0 Å². The lowest BCUT2D eigenvalue weighted by molar-refractivity contribution is -0.139. The molecule has 198 valence electrons. The summed E-state index contributed by atoms with van der Waals surface area (Å²) < 4.78 is 26.6. The molecule has 0 fully saturated rings. The Morgan fingerprint density at radius 2 is 1.56 bits per heavy atom. The number of nitrogens with one attached hydrogen (secondary N) is 1. The van der Waals surface area contributed by atoms with Gasteiger partial charge in [0.05, 0.1) is 11.9 Å². The number of rotatable bonds is 11. The molecule has 2 rings (SSSR count). The Morgan fingerprint density at radius 3 is 2.03 bits per heavy atom. The summed E-state index contributed by atoms with van der Waals surface area (Å²) in [6.07, 6.45) is 2.06. The second-order valence-corrected chi connectivity index (χ2v) is 12.4. The Bertz CT molecular complexity index is 1110. The van der Waals surface area contributed by atoms with Crippen LogP contribution in [0.4, 0.5) is 5.69 Å². The monoisotopic (exact) mass is 515 g/mol. The summed E-state index contributed by atoms with van der Waals surface area (Å²) in [4.78, 5) is 28.2. The van der Waals surface area contributed by atoms with Crippen molar-refractivity contribution >= 4 is 27.5 Å². The van der Waals surface area contributed by atoms with Crippen molar-refractivity contribution in [3.8, 4) is 0 Å². The molecule has 1 atom stereocenters. The number of carbonyl (C=O) groups excluding carboxylic acids is 2. The highest BCUT2D eigenvalue weighted by molar-refractivity contribution is 7.92.